The molecule has 0 bridgehead atoms. The van der Waals surface area contributed by atoms with Crippen LogP contribution in [0.5, 0.6) is 5.75 Å². The van der Waals surface area contributed by atoms with Crippen molar-refractivity contribution in [2.45, 2.75) is 59.1 Å². The van der Waals surface area contributed by atoms with Gasteiger partial charge in [-0.15, -0.1) is 0 Å². The number of amides is 1. The van der Waals surface area contributed by atoms with Crippen LogP contribution in [0.15, 0.2) is 36.4 Å². The summed E-state index contributed by atoms with van der Waals surface area (Å²) in [7, 11) is -4.09. The van der Waals surface area contributed by atoms with Gasteiger partial charge in [0, 0.05) is 30.7 Å². The van der Waals surface area contributed by atoms with Crippen molar-refractivity contribution in [3.05, 3.63) is 42.0 Å². The van der Waals surface area contributed by atoms with Gasteiger partial charge in [-0.3, -0.25) is 4.79 Å². The van der Waals surface area contributed by atoms with Crippen molar-refractivity contribution in [2.24, 2.45) is 11.8 Å². The first-order chi connectivity index (χ1) is 17.4. The third-order valence-electron chi connectivity index (χ3n) is 6.85. The van der Waals surface area contributed by atoms with E-state index in [0.29, 0.717) is 42.9 Å². The lowest BCUT2D eigenvalue weighted by atomic mass is 9.97. The maximum Gasteiger partial charge on any atom is 0.304 e. The number of benzene rings is 1. The Morgan fingerprint density at radius 2 is 2.00 bits per heavy atom. The number of β-amino-alcohol motifs (C(OH)–C–C–N with tert-alkyl or cyclic N) is 1. The number of rotatable bonds is 8. The Bertz CT molecular complexity index is 1250. The monoisotopic (exact) mass is 530 g/mol. The first-order valence-corrected chi connectivity index (χ1v) is 14.3. The molecule has 1 aromatic heterocycles. The molecule has 0 spiro atoms. The second-order valence-corrected chi connectivity index (χ2v) is 12.9. The fraction of sp³-hybridized carbons (Fsp3) is 0.556. The molecular weight excluding hydrogens is 492 g/mol. The van der Waals surface area contributed by atoms with Gasteiger partial charge in [-0.2, -0.15) is 12.7 Å². The molecule has 0 radical (unpaired) electrons. The van der Waals surface area contributed by atoms with Crippen LogP contribution in [0.2, 0.25) is 0 Å². The second-order valence-electron chi connectivity index (χ2n) is 11.3. The summed E-state index contributed by atoms with van der Waals surface area (Å²) in [6.45, 7) is 12.0. The van der Waals surface area contributed by atoms with Crippen molar-refractivity contribution < 1.29 is 23.1 Å². The third kappa shape index (κ3) is 6.25. The average molecular weight is 531 g/mol. The van der Waals surface area contributed by atoms with Crippen molar-refractivity contribution >= 4 is 21.9 Å². The first-order valence-electron chi connectivity index (χ1n) is 12.9. The minimum Gasteiger partial charge on any atom is -0.493 e. The van der Waals surface area contributed by atoms with E-state index in [-0.39, 0.29) is 24.2 Å². The molecule has 2 atom stereocenters. The number of anilines is 1. The van der Waals surface area contributed by atoms with Crippen molar-refractivity contribution in [1.29, 1.82) is 0 Å². The summed E-state index contributed by atoms with van der Waals surface area (Å²) in [5.41, 5.74) is 1.45. The molecule has 1 aromatic carbocycles. The molecule has 2 aromatic rings. The topological polar surface area (TPSA) is 112 Å². The van der Waals surface area contributed by atoms with Crippen LogP contribution in [0.25, 0.3) is 11.3 Å². The van der Waals surface area contributed by atoms with Gasteiger partial charge in [0.05, 0.1) is 24.0 Å². The SMILES string of the molecule is CC(C)COc1cccc(-c2ccc(C(=O)NS(=O)(=O)N3CCC(O)C3)c(N3C[C@@H](C)CC3(C)C)n2)c1. The predicted molar refractivity (Wildman–Crippen MR) is 144 cm³/mol. The molecule has 3 heterocycles. The Morgan fingerprint density at radius 1 is 1.24 bits per heavy atom. The van der Waals surface area contributed by atoms with Crippen molar-refractivity contribution in [1.82, 2.24) is 14.0 Å². The van der Waals surface area contributed by atoms with Gasteiger partial charge in [-0.1, -0.05) is 32.9 Å². The molecule has 2 aliphatic rings. The number of aliphatic hydroxyl groups is 1. The minimum atomic E-state index is -4.09. The number of ether oxygens (including phenoxy) is 1. The van der Waals surface area contributed by atoms with Crippen molar-refractivity contribution in [2.75, 3.05) is 31.1 Å². The fourth-order valence-electron chi connectivity index (χ4n) is 5.13. The summed E-state index contributed by atoms with van der Waals surface area (Å²) in [6.07, 6.45) is 0.536. The highest BCUT2D eigenvalue weighted by Crippen LogP contribution is 2.38. The standard InChI is InChI=1S/C27H38N4O5S/c1-18(2)17-36-22-8-6-7-20(13-22)24-10-9-23(25(28-24)31-15-19(3)14-27(31,4)5)26(33)29-37(34,35)30-12-11-21(32)16-30/h6-10,13,18-19,21,32H,11-12,14-17H2,1-5H3,(H,29,33)/t19-,21?/m0/s1. The molecule has 0 aliphatic carbocycles. The molecule has 2 aliphatic heterocycles. The Kier molecular flexibility index (Phi) is 7.83. The zero-order valence-corrected chi connectivity index (χ0v) is 23.1. The smallest absolute Gasteiger partial charge is 0.304 e. The number of nitrogens with one attached hydrogen (secondary N) is 1. The van der Waals surface area contributed by atoms with Crippen molar-refractivity contribution in [3.8, 4) is 17.0 Å². The lowest BCUT2D eigenvalue weighted by molar-refractivity contribution is 0.0979. The van der Waals surface area contributed by atoms with Gasteiger partial charge < -0.3 is 14.7 Å². The Morgan fingerprint density at radius 3 is 2.62 bits per heavy atom. The number of carbonyl (C=O) groups excluding carboxylic acids is 1. The summed E-state index contributed by atoms with van der Waals surface area (Å²) in [5, 5.41) is 9.76. The number of pyridine rings is 1. The van der Waals surface area contributed by atoms with Crippen LogP contribution in [-0.4, -0.2) is 66.6 Å². The Balaban J connectivity index is 1.70. The van der Waals surface area contributed by atoms with Gasteiger partial charge in [0.25, 0.3) is 5.91 Å². The quantitative estimate of drug-likeness (QED) is 0.538. The van der Waals surface area contributed by atoms with Gasteiger partial charge in [0.2, 0.25) is 0 Å². The second kappa shape index (κ2) is 10.6. The molecule has 10 heteroatoms. The maximum atomic E-state index is 13.4. The van der Waals surface area contributed by atoms with E-state index < -0.39 is 22.2 Å². The number of hydrogen-bond donors (Lipinski definition) is 2. The van der Waals surface area contributed by atoms with E-state index in [9.17, 15) is 18.3 Å². The molecule has 2 fully saturated rings. The lowest BCUT2D eigenvalue weighted by Gasteiger charge is -2.34. The molecule has 2 N–H and O–H groups in total. The minimum absolute atomic E-state index is 0.0292. The highest BCUT2D eigenvalue weighted by Gasteiger charge is 2.40. The summed E-state index contributed by atoms with van der Waals surface area (Å²) in [6, 6.07) is 11.1. The van der Waals surface area contributed by atoms with E-state index in [1.165, 1.54) is 0 Å². The van der Waals surface area contributed by atoms with Crippen LogP contribution in [0.1, 0.15) is 57.8 Å². The largest absolute Gasteiger partial charge is 0.493 e. The molecular formula is C27H38N4O5S. The van der Waals surface area contributed by atoms with Gasteiger partial charge >= 0.3 is 10.2 Å². The van der Waals surface area contributed by atoms with Crippen LogP contribution < -0.4 is 14.4 Å². The third-order valence-corrected chi connectivity index (χ3v) is 8.30. The highest BCUT2D eigenvalue weighted by atomic mass is 32.2. The summed E-state index contributed by atoms with van der Waals surface area (Å²) >= 11 is 0. The van der Waals surface area contributed by atoms with E-state index >= 15 is 0 Å². The number of nitrogens with zero attached hydrogens (tertiary/aromatic N) is 3. The Labute approximate surface area is 220 Å². The van der Waals surface area contributed by atoms with Crippen molar-refractivity contribution in [3.63, 3.8) is 0 Å². The van der Waals surface area contributed by atoms with E-state index in [2.05, 4.69) is 44.2 Å². The zero-order valence-electron chi connectivity index (χ0n) is 22.3. The van der Waals surface area contributed by atoms with Gasteiger partial charge in [-0.05, 0) is 62.8 Å². The lowest BCUT2D eigenvalue weighted by Crippen LogP contribution is -2.44. The number of aromatic nitrogens is 1. The molecule has 37 heavy (non-hydrogen) atoms. The van der Waals surface area contributed by atoms with E-state index in [1.54, 1.807) is 12.1 Å². The van der Waals surface area contributed by atoms with Gasteiger partial charge in [0.15, 0.2) is 0 Å². The molecule has 1 amide bonds. The van der Waals surface area contributed by atoms with E-state index in [4.69, 9.17) is 9.72 Å². The van der Waals surface area contributed by atoms with Gasteiger partial charge in [-0.25, -0.2) is 9.71 Å². The predicted octanol–water partition coefficient (Wildman–Crippen LogP) is 3.45. The summed E-state index contributed by atoms with van der Waals surface area (Å²) < 4.78 is 34.9. The van der Waals surface area contributed by atoms with Crippen LogP contribution in [0, 0.1) is 11.8 Å². The molecule has 2 saturated heterocycles. The van der Waals surface area contributed by atoms with E-state index in [0.717, 1.165) is 22.0 Å². The van der Waals surface area contributed by atoms with Crippen LogP contribution in [0.4, 0.5) is 5.82 Å². The molecule has 0 saturated carbocycles. The zero-order chi connectivity index (χ0) is 27.0. The Hall–Kier alpha value is -2.69. The molecule has 202 valence electrons. The molecule has 4 rings (SSSR count). The maximum absolute atomic E-state index is 13.4. The van der Waals surface area contributed by atoms with Crippen LogP contribution in [0.3, 0.4) is 0 Å². The first kappa shape index (κ1) is 27.3. The highest BCUT2D eigenvalue weighted by molar-refractivity contribution is 7.87. The fourth-order valence-corrected chi connectivity index (χ4v) is 6.31. The summed E-state index contributed by atoms with van der Waals surface area (Å²) in [5.74, 6) is 1.24. The molecule has 1 unspecified atom stereocenters. The van der Waals surface area contributed by atoms with Gasteiger partial charge in [0.1, 0.15) is 11.6 Å². The van der Waals surface area contributed by atoms with E-state index in [1.807, 2.05) is 24.3 Å². The molecule has 9 nitrogen and oxygen atoms in total. The average Bonchev–Trinajstić information content (AvgIpc) is 3.39. The number of aliphatic hydroxyl groups excluding tert-OH is 1. The normalized spacial score (nSPS) is 22.0. The van der Waals surface area contributed by atoms with Crippen LogP contribution >= 0.6 is 0 Å². The number of carbonyl (C=O) groups is 1. The van der Waals surface area contributed by atoms with Crippen LogP contribution in [-0.2, 0) is 10.2 Å². The number of hydrogen-bond acceptors (Lipinski definition) is 7. The summed E-state index contributed by atoms with van der Waals surface area (Å²) in [4.78, 5) is 20.4.